The number of aromatic amines is 1. The Morgan fingerprint density at radius 1 is 1.50 bits per heavy atom. The second-order valence-corrected chi connectivity index (χ2v) is 4.52. The standard InChI is InChI=1S/C10H13F3N2O2S/c1-17-9(16)8-3-2-7(15-8)6-14-4-5-18-10(11,12)13/h2-3,14-15H,4-6H2,1H3. The third kappa shape index (κ3) is 5.46. The van der Waals surface area contributed by atoms with Gasteiger partial charge in [0, 0.05) is 24.5 Å². The molecule has 0 fully saturated rings. The fourth-order valence-electron chi connectivity index (χ4n) is 1.23. The van der Waals surface area contributed by atoms with Crippen LogP contribution in [0.25, 0.3) is 0 Å². The lowest BCUT2D eigenvalue weighted by molar-refractivity contribution is -0.0327. The summed E-state index contributed by atoms with van der Waals surface area (Å²) in [6.45, 7) is 0.603. The Morgan fingerprint density at radius 2 is 2.22 bits per heavy atom. The number of alkyl halides is 3. The summed E-state index contributed by atoms with van der Waals surface area (Å²) in [4.78, 5) is 13.9. The van der Waals surface area contributed by atoms with Crippen LogP contribution in [0.1, 0.15) is 16.2 Å². The molecule has 8 heteroatoms. The van der Waals surface area contributed by atoms with Crippen molar-refractivity contribution in [3.63, 3.8) is 0 Å². The highest BCUT2D eigenvalue weighted by atomic mass is 32.2. The summed E-state index contributed by atoms with van der Waals surface area (Å²) in [6.07, 6.45) is 0. The molecular weight excluding hydrogens is 269 g/mol. The van der Waals surface area contributed by atoms with Gasteiger partial charge in [0.1, 0.15) is 5.69 Å². The molecule has 1 aromatic rings. The van der Waals surface area contributed by atoms with Gasteiger partial charge in [0.15, 0.2) is 0 Å². The van der Waals surface area contributed by atoms with E-state index in [0.29, 0.717) is 17.9 Å². The molecule has 2 N–H and O–H groups in total. The number of hydrogen-bond donors (Lipinski definition) is 2. The highest BCUT2D eigenvalue weighted by molar-refractivity contribution is 8.00. The molecule has 1 rings (SSSR count). The van der Waals surface area contributed by atoms with E-state index in [-0.39, 0.29) is 24.1 Å². The molecule has 18 heavy (non-hydrogen) atoms. The molecule has 0 spiro atoms. The van der Waals surface area contributed by atoms with E-state index < -0.39 is 11.5 Å². The molecule has 0 aliphatic carbocycles. The normalized spacial score (nSPS) is 11.6. The van der Waals surface area contributed by atoms with Gasteiger partial charge in [-0.3, -0.25) is 0 Å². The van der Waals surface area contributed by atoms with E-state index in [1.54, 1.807) is 12.1 Å². The van der Waals surface area contributed by atoms with E-state index in [9.17, 15) is 18.0 Å². The van der Waals surface area contributed by atoms with Crippen LogP contribution in [0.4, 0.5) is 13.2 Å². The maximum Gasteiger partial charge on any atom is 0.441 e. The van der Waals surface area contributed by atoms with Crippen LogP contribution < -0.4 is 5.32 Å². The lowest BCUT2D eigenvalue weighted by Crippen LogP contribution is -2.18. The second kappa shape index (κ2) is 6.69. The lowest BCUT2D eigenvalue weighted by Gasteiger charge is -2.06. The van der Waals surface area contributed by atoms with E-state index in [0.717, 1.165) is 0 Å². The summed E-state index contributed by atoms with van der Waals surface area (Å²) in [6, 6.07) is 3.24. The van der Waals surface area contributed by atoms with E-state index >= 15 is 0 Å². The Hall–Kier alpha value is -1.15. The van der Waals surface area contributed by atoms with Gasteiger partial charge < -0.3 is 15.0 Å². The molecule has 0 aliphatic heterocycles. The summed E-state index contributed by atoms with van der Waals surface area (Å²) < 4.78 is 40.0. The molecule has 0 radical (unpaired) electrons. The zero-order valence-corrected chi connectivity index (χ0v) is 10.5. The first-order valence-electron chi connectivity index (χ1n) is 5.10. The van der Waals surface area contributed by atoms with Crippen molar-refractivity contribution < 1.29 is 22.7 Å². The number of nitrogens with one attached hydrogen (secondary N) is 2. The largest absolute Gasteiger partial charge is 0.464 e. The lowest BCUT2D eigenvalue weighted by atomic mass is 10.4. The van der Waals surface area contributed by atoms with Crippen LogP contribution in [0.15, 0.2) is 12.1 Å². The minimum atomic E-state index is -4.19. The van der Waals surface area contributed by atoms with Gasteiger partial charge in [-0.25, -0.2) is 4.79 Å². The van der Waals surface area contributed by atoms with Crippen molar-refractivity contribution in [2.24, 2.45) is 0 Å². The second-order valence-electron chi connectivity index (χ2n) is 3.36. The SMILES string of the molecule is COC(=O)c1ccc(CNCCSC(F)(F)F)[nH]1. The quantitative estimate of drug-likeness (QED) is 0.620. The predicted octanol–water partition coefficient (Wildman–Crippen LogP) is 2.14. The third-order valence-electron chi connectivity index (χ3n) is 2.01. The molecule has 0 bridgehead atoms. The minimum absolute atomic E-state index is 0.0476. The van der Waals surface area contributed by atoms with Crippen molar-refractivity contribution >= 4 is 17.7 Å². The van der Waals surface area contributed by atoms with Gasteiger partial charge in [-0.15, -0.1) is 0 Å². The zero-order valence-electron chi connectivity index (χ0n) is 9.63. The van der Waals surface area contributed by atoms with Gasteiger partial charge >= 0.3 is 11.5 Å². The molecule has 0 unspecified atom stereocenters. The average Bonchev–Trinajstić information content (AvgIpc) is 2.75. The number of H-pyrrole nitrogens is 1. The summed E-state index contributed by atoms with van der Waals surface area (Å²) in [5, 5.41) is 2.84. The minimum Gasteiger partial charge on any atom is -0.464 e. The Labute approximate surface area is 106 Å². The zero-order chi connectivity index (χ0) is 13.6. The van der Waals surface area contributed by atoms with Crippen molar-refractivity contribution in [1.29, 1.82) is 0 Å². The number of thioether (sulfide) groups is 1. The highest BCUT2D eigenvalue weighted by Crippen LogP contribution is 2.29. The van der Waals surface area contributed by atoms with Gasteiger partial charge in [-0.2, -0.15) is 13.2 Å². The number of methoxy groups -OCH3 is 1. The highest BCUT2D eigenvalue weighted by Gasteiger charge is 2.27. The molecular formula is C10H13F3N2O2S. The summed E-state index contributed by atoms with van der Waals surface area (Å²) in [5.74, 6) is -0.525. The van der Waals surface area contributed by atoms with Crippen LogP contribution >= 0.6 is 11.8 Å². The molecule has 4 nitrogen and oxygen atoms in total. The Kier molecular flexibility index (Phi) is 5.54. The van der Waals surface area contributed by atoms with Crippen LogP contribution in [0.5, 0.6) is 0 Å². The van der Waals surface area contributed by atoms with Crippen LogP contribution in [-0.4, -0.2) is 35.9 Å². The fourth-order valence-corrected chi connectivity index (χ4v) is 1.71. The van der Waals surface area contributed by atoms with Crippen molar-refractivity contribution in [3.8, 4) is 0 Å². The van der Waals surface area contributed by atoms with Crippen molar-refractivity contribution in [3.05, 3.63) is 23.5 Å². The smallest absolute Gasteiger partial charge is 0.441 e. The average molecular weight is 282 g/mol. The number of ether oxygens (including phenoxy) is 1. The molecule has 102 valence electrons. The fraction of sp³-hybridized carbons (Fsp3) is 0.500. The summed E-state index contributed by atoms with van der Waals surface area (Å²) in [5.41, 5.74) is -3.15. The number of esters is 1. The first-order chi connectivity index (χ1) is 8.42. The van der Waals surface area contributed by atoms with Crippen LogP contribution in [0.2, 0.25) is 0 Å². The molecule has 1 aromatic heterocycles. The van der Waals surface area contributed by atoms with Gasteiger partial charge in [0.05, 0.1) is 7.11 Å². The van der Waals surface area contributed by atoms with Crippen molar-refractivity contribution in [2.75, 3.05) is 19.4 Å². The Bertz CT molecular complexity index is 393. The van der Waals surface area contributed by atoms with Crippen molar-refractivity contribution in [2.45, 2.75) is 12.1 Å². The summed E-state index contributed by atoms with van der Waals surface area (Å²) in [7, 11) is 1.27. The van der Waals surface area contributed by atoms with Gasteiger partial charge in [-0.1, -0.05) is 0 Å². The molecule has 0 aliphatic rings. The van der Waals surface area contributed by atoms with E-state index in [2.05, 4.69) is 15.0 Å². The molecule has 0 atom stereocenters. The number of aromatic nitrogens is 1. The topological polar surface area (TPSA) is 54.1 Å². The molecule has 0 saturated carbocycles. The number of hydrogen-bond acceptors (Lipinski definition) is 4. The number of rotatable bonds is 6. The Morgan fingerprint density at radius 3 is 2.83 bits per heavy atom. The van der Waals surface area contributed by atoms with Gasteiger partial charge in [0.25, 0.3) is 0 Å². The first kappa shape index (κ1) is 14.9. The summed E-state index contributed by atoms with van der Waals surface area (Å²) >= 11 is -0.0644. The van der Waals surface area contributed by atoms with E-state index in [1.807, 2.05) is 0 Å². The Balaban J connectivity index is 2.24. The maximum absolute atomic E-state index is 11.8. The van der Waals surface area contributed by atoms with Gasteiger partial charge in [0.2, 0.25) is 0 Å². The van der Waals surface area contributed by atoms with Crippen LogP contribution in [0, 0.1) is 0 Å². The van der Waals surface area contributed by atoms with Crippen molar-refractivity contribution in [1.82, 2.24) is 10.3 Å². The van der Waals surface area contributed by atoms with Crippen LogP contribution in [-0.2, 0) is 11.3 Å². The number of halogens is 3. The number of carbonyl (C=O) groups is 1. The van der Waals surface area contributed by atoms with E-state index in [4.69, 9.17) is 0 Å². The predicted molar refractivity (Wildman–Crippen MR) is 62.4 cm³/mol. The monoisotopic (exact) mass is 282 g/mol. The molecule has 0 aromatic carbocycles. The molecule has 1 heterocycles. The van der Waals surface area contributed by atoms with Crippen LogP contribution in [0.3, 0.4) is 0 Å². The number of carbonyl (C=O) groups excluding carboxylic acids is 1. The maximum atomic E-state index is 11.8. The first-order valence-corrected chi connectivity index (χ1v) is 6.08. The van der Waals surface area contributed by atoms with Gasteiger partial charge in [-0.05, 0) is 23.9 Å². The van der Waals surface area contributed by atoms with E-state index in [1.165, 1.54) is 7.11 Å². The third-order valence-corrected chi connectivity index (χ3v) is 2.75. The molecule has 0 saturated heterocycles. The molecule has 0 amide bonds.